The Bertz CT molecular complexity index is 280. The molecule has 104 valence electrons. The van der Waals surface area contributed by atoms with Crippen LogP contribution in [0.1, 0.15) is 39.0 Å². The molecular formula is C14H25NO2S. The monoisotopic (exact) mass is 271 g/mol. The fourth-order valence-electron chi connectivity index (χ4n) is 3.18. The van der Waals surface area contributed by atoms with Crippen LogP contribution in [0.5, 0.6) is 0 Å². The van der Waals surface area contributed by atoms with Crippen molar-refractivity contribution in [3.63, 3.8) is 0 Å². The molecule has 0 aromatic heterocycles. The van der Waals surface area contributed by atoms with E-state index in [0.29, 0.717) is 12.3 Å². The van der Waals surface area contributed by atoms with Gasteiger partial charge in [-0.25, -0.2) is 0 Å². The van der Waals surface area contributed by atoms with E-state index in [4.69, 9.17) is 10.5 Å². The van der Waals surface area contributed by atoms with Crippen LogP contribution in [0.2, 0.25) is 0 Å². The van der Waals surface area contributed by atoms with Crippen molar-refractivity contribution < 1.29 is 9.53 Å². The summed E-state index contributed by atoms with van der Waals surface area (Å²) in [5.41, 5.74) is 5.72. The van der Waals surface area contributed by atoms with Crippen LogP contribution in [0.25, 0.3) is 0 Å². The third-order valence-corrected chi connectivity index (χ3v) is 5.46. The zero-order valence-electron chi connectivity index (χ0n) is 11.3. The van der Waals surface area contributed by atoms with E-state index in [9.17, 15) is 4.79 Å². The molecule has 0 aromatic rings. The summed E-state index contributed by atoms with van der Waals surface area (Å²) in [5, 5.41) is 0. The van der Waals surface area contributed by atoms with Crippen LogP contribution in [0.15, 0.2) is 0 Å². The fourth-order valence-corrected chi connectivity index (χ4v) is 4.42. The van der Waals surface area contributed by atoms with Crippen LogP contribution < -0.4 is 5.73 Å². The lowest BCUT2D eigenvalue weighted by Crippen LogP contribution is -2.46. The molecule has 2 aliphatic heterocycles. The second-order valence-corrected chi connectivity index (χ2v) is 6.80. The molecule has 2 rings (SSSR count). The number of rotatable bonds is 4. The summed E-state index contributed by atoms with van der Waals surface area (Å²) in [7, 11) is 0. The molecule has 2 fully saturated rings. The molecule has 0 radical (unpaired) electrons. The van der Waals surface area contributed by atoms with Crippen LogP contribution in [-0.2, 0) is 9.53 Å². The molecule has 2 saturated heterocycles. The fraction of sp³-hybridized carbons (Fsp3) is 0.929. The van der Waals surface area contributed by atoms with Gasteiger partial charge in [-0.05, 0) is 43.6 Å². The average molecular weight is 271 g/mol. The molecule has 2 aliphatic rings. The maximum Gasteiger partial charge on any atom is 0.140 e. The summed E-state index contributed by atoms with van der Waals surface area (Å²) < 4.78 is 6.04. The molecule has 3 nitrogen and oxygen atoms in total. The highest BCUT2D eigenvalue weighted by molar-refractivity contribution is 7.99. The largest absolute Gasteiger partial charge is 0.375 e. The topological polar surface area (TPSA) is 52.3 Å². The van der Waals surface area contributed by atoms with Crippen LogP contribution >= 0.6 is 11.8 Å². The first-order chi connectivity index (χ1) is 8.71. The Kier molecular flexibility index (Phi) is 5.10. The van der Waals surface area contributed by atoms with Gasteiger partial charge in [0.2, 0.25) is 0 Å². The number of carbonyl (C=O) groups is 1. The maximum atomic E-state index is 12.4. The molecule has 1 spiro atoms. The lowest BCUT2D eigenvalue weighted by Gasteiger charge is -2.43. The van der Waals surface area contributed by atoms with Crippen LogP contribution in [0, 0.1) is 11.8 Å². The quantitative estimate of drug-likeness (QED) is 0.852. The number of ether oxygens (including phenoxy) is 1. The molecule has 0 aliphatic carbocycles. The van der Waals surface area contributed by atoms with E-state index >= 15 is 0 Å². The third-order valence-electron chi connectivity index (χ3n) is 4.48. The van der Waals surface area contributed by atoms with Gasteiger partial charge in [-0.2, -0.15) is 11.8 Å². The van der Waals surface area contributed by atoms with Crippen molar-refractivity contribution in [2.75, 3.05) is 24.7 Å². The summed E-state index contributed by atoms with van der Waals surface area (Å²) >= 11 is 2.00. The van der Waals surface area contributed by atoms with Crippen molar-refractivity contribution in [3.8, 4) is 0 Å². The summed E-state index contributed by atoms with van der Waals surface area (Å²) in [5.74, 6) is 2.99. The van der Waals surface area contributed by atoms with Gasteiger partial charge in [0.15, 0.2) is 0 Å². The summed E-state index contributed by atoms with van der Waals surface area (Å²) in [4.78, 5) is 12.4. The number of nitrogens with two attached hydrogens (primary N) is 1. The van der Waals surface area contributed by atoms with Gasteiger partial charge in [-0.15, -0.1) is 0 Å². The number of hydrogen-bond donors (Lipinski definition) is 1. The average Bonchev–Trinajstić information content (AvgIpc) is 2.41. The lowest BCUT2D eigenvalue weighted by atomic mass is 9.77. The van der Waals surface area contributed by atoms with Crippen molar-refractivity contribution in [1.29, 1.82) is 0 Å². The number of Topliss-reactive ketones (excluding diaryl/α,β-unsaturated/α-hetero) is 1. The minimum atomic E-state index is 0.0106. The lowest BCUT2D eigenvalue weighted by molar-refractivity contribution is -0.141. The van der Waals surface area contributed by atoms with E-state index < -0.39 is 0 Å². The van der Waals surface area contributed by atoms with Gasteiger partial charge in [0.25, 0.3) is 0 Å². The van der Waals surface area contributed by atoms with Crippen molar-refractivity contribution in [2.24, 2.45) is 17.6 Å². The smallest absolute Gasteiger partial charge is 0.140 e. The Balaban J connectivity index is 1.99. The maximum absolute atomic E-state index is 12.4. The Morgan fingerprint density at radius 2 is 2.22 bits per heavy atom. The molecule has 0 aromatic carbocycles. The van der Waals surface area contributed by atoms with E-state index in [0.717, 1.165) is 38.7 Å². The van der Waals surface area contributed by atoms with E-state index in [1.54, 1.807) is 0 Å². The van der Waals surface area contributed by atoms with Gasteiger partial charge in [0, 0.05) is 25.0 Å². The van der Waals surface area contributed by atoms with Gasteiger partial charge in [-0.1, -0.05) is 6.92 Å². The Morgan fingerprint density at radius 1 is 1.50 bits per heavy atom. The highest BCUT2D eigenvalue weighted by atomic mass is 32.2. The van der Waals surface area contributed by atoms with E-state index in [1.165, 1.54) is 11.5 Å². The number of carbonyl (C=O) groups excluding carboxylic acids is 1. The van der Waals surface area contributed by atoms with Crippen molar-refractivity contribution in [1.82, 2.24) is 0 Å². The highest BCUT2D eigenvalue weighted by Crippen LogP contribution is 2.40. The third kappa shape index (κ3) is 3.09. The zero-order chi connectivity index (χ0) is 13.0. The Hall–Kier alpha value is -0.0600. The first-order valence-electron chi connectivity index (χ1n) is 7.16. The number of ketones is 1. The number of hydrogen-bond acceptors (Lipinski definition) is 4. The normalized spacial score (nSPS) is 29.1. The van der Waals surface area contributed by atoms with Gasteiger partial charge in [0.1, 0.15) is 5.78 Å². The van der Waals surface area contributed by atoms with Gasteiger partial charge in [-0.3, -0.25) is 4.79 Å². The second kappa shape index (κ2) is 6.40. The van der Waals surface area contributed by atoms with E-state index in [2.05, 4.69) is 6.92 Å². The standard InChI is InChI=1S/C14H25NO2S/c1-2-11(10-15)13(16)12-3-6-17-14(9-12)4-7-18-8-5-14/h11-12H,2-10,15H2,1H3. The van der Waals surface area contributed by atoms with E-state index in [1.807, 2.05) is 11.8 Å². The van der Waals surface area contributed by atoms with Gasteiger partial charge in [0.05, 0.1) is 5.60 Å². The molecule has 0 saturated carbocycles. The van der Waals surface area contributed by atoms with Gasteiger partial charge < -0.3 is 10.5 Å². The zero-order valence-corrected chi connectivity index (χ0v) is 12.1. The molecule has 0 bridgehead atoms. The molecule has 18 heavy (non-hydrogen) atoms. The Labute approximate surface area is 114 Å². The number of thioether (sulfide) groups is 1. The predicted octanol–water partition coefficient (Wildman–Crippen LogP) is 2.23. The van der Waals surface area contributed by atoms with Crippen molar-refractivity contribution in [3.05, 3.63) is 0 Å². The molecule has 2 atom stereocenters. The van der Waals surface area contributed by atoms with Crippen molar-refractivity contribution >= 4 is 17.5 Å². The molecule has 4 heteroatoms. The minimum Gasteiger partial charge on any atom is -0.375 e. The van der Waals surface area contributed by atoms with Crippen LogP contribution in [0.4, 0.5) is 0 Å². The Morgan fingerprint density at radius 3 is 2.83 bits per heavy atom. The first kappa shape index (κ1) is 14.4. The van der Waals surface area contributed by atoms with Crippen LogP contribution in [0.3, 0.4) is 0 Å². The molecule has 0 amide bonds. The van der Waals surface area contributed by atoms with Crippen molar-refractivity contribution in [2.45, 2.75) is 44.6 Å². The molecule has 2 N–H and O–H groups in total. The SMILES string of the molecule is CCC(CN)C(=O)C1CCOC2(CCSCC2)C1. The minimum absolute atomic E-state index is 0.0106. The highest BCUT2D eigenvalue weighted by Gasteiger charge is 2.41. The first-order valence-corrected chi connectivity index (χ1v) is 8.32. The summed E-state index contributed by atoms with van der Waals surface area (Å²) in [6, 6.07) is 0. The molecule has 2 heterocycles. The summed E-state index contributed by atoms with van der Waals surface area (Å²) in [6.45, 7) is 3.30. The van der Waals surface area contributed by atoms with Gasteiger partial charge >= 0.3 is 0 Å². The second-order valence-electron chi connectivity index (χ2n) is 5.58. The predicted molar refractivity (Wildman–Crippen MR) is 75.8 cm³/mol. The van der Waals surface area contributed by atoms with E-state index in [-0.39, 0.29) is 17.4 Å². The van der Waals surface area contributed by atoms with Crippen LogP contribution in [-0.4, -0.2) is 36.0 Å². The molecular weight excluding hydrogens is 246 g/mol. The molecule has 2 unspecified atom stereocenters. The summed E-state index contributed by atoms with van der Waals surface area (Å²) in [6.07, 6.45) is 4.92.